The van der Waals surface area contributed by atoms with E-state index in [9.17, 15) is 18.8 Å². The van der Waals surface area contributed by atoms with Gasteiger partial charge in [-0.25, -0.2) is 13.9 Å². The first-order valence-corrected chi connectivity index (χ1v) is 16.2. The van der Waals surface area contributed by atoms with Crippen LogP contribution < -0.4 is 5.32 Å². The lowest BCUT2D eigenvalue weighted by Gasteiger charge is -2.37. The van der Waals surface area contributed by atoms with E-state index in [0.29, 0.717) is 69.6 Å². The summed E-state index contributed by atoms with van der Waals surface area (Å²) in [7, 11) is 0. The maximum absolute atomic E-state index is 13.9. The van der Waals surface area contributed by atoms with Crippen LogP contribution in [0.2, 0.25) is 0 Å². The van der Waals surface area contributed by atoms with Gasteiger partial charge in [-0.05, 0) is 88.5 Å². The third-order valence-electron chi connectivity index (χ3n) is 8.49. The average molecular weight is 646 g/mol. The van der Waals surface area contributed by atoms with Gasteiger partial charge in [-0.15, -0.1) is 11.7 Å². The van der Waals surface area contributed by atoms with Crippen LogP contribution in [0, 0.1) is 5.82 Å². The summed E-state index contributed by atoms with van der Waals surface area (Å²) in [4.78, 5) is 45.6. The smallest absolute Gasteiger partial charge is 0.410 e. The van der Waals surface area contributed by atoms with Gasteiger partial charge in [0, 0.05) is 50.2 Å². The van der Waals surface area contributed by atoms with Crippen LogP contribution in [-0.4, -0.2) is 105 Å². The zero-order chi connectivity index (χ0) is 33.6. The van der Waals surface area contributed by atoms with E-state index in [2.05, 4.69) is 27.1 Å². The Labute approximate surface area is 275 Å². The second-order valence-electron chi connectivity index (χ2n) is 13.1. The normalized spacial score (nSPS) is 18.5. The van der Waals surface area contributed by atoms with Crippen molar-refractivity contribution in [1.29, 1.82) is 0 Å². The summed E-state index contributed by atoms with van der Waals surface area (Å²) in [5.74, 6) is -0.437. The summed E-state index contributed by atoms with van der Waals surface area (Å²) < 4.78 is 20.6. The molecular formula is C35H44FN7O4. The molecule has 2 heterocycles. The van der Waals surface area contributed by atoms with E-state index >= 15 is 0 Å². The van der Waals surface area contributed by atoms with Gasteiger partial charge in [0.15, 0.2) is 0 Å². The standard InChI is InChI=1S/C35H44FN7O4/c1-5-17-40(31-24-29(31)25-8-12-27(36)13-9-25)18-6-7-30(33(45)41-20-22-42(23-21-41)34(46)47-35(2,3)4)38-32(44)26-10-14-28(15-11-26)43-19-16-37-39-43/h5,8-16,19,29-31H,1,6-7,17-18,20-24H2,2-4H3,(H,38,44)/t29-,30-,31+/m0/s1. The minimum Gasteiger partial charge on any atom is -0.444 e. The first kappa shape index (κ1) is 33.8. The number of rotatable bonds is 12. The van der Waals surface area contributed by atoms with Gasteiger partial charge in [-0.1, -0.05) is 23.4 Å². The highest BCUT2D eigenvalue weighted by Crippen LogP contribution is 2.44. The van der Waals surface area contributed by atoms with E-state index in [4.69, 9.17) is 4.74 Å². The largest absolute Gasteiger partial charge is 0.444 e. The number of amides is 3. The summed E-state index contributed by atoms with van der Waals surface area (Å²) in [6, 6.07) is 13.2. The van der Waals surface area contributed by atoms with Gasteiger partial charge in [0.05, 0.1) is 18.1 Å². The number of hydrogen-bond acceptors (Lipinski definition) is 7. The first-order chi connectivity index (χ1) is 22.5. The molecule has 1 aromatic heterocycles. The van der Waals surface area contributed by atoms with Crippen molar-refractivity contribution in [2.75, 3.05) is 39.3 Å². The molecule has 1 N–H and O–H groups in total. The SMILES string of the molecule is C=CCN(CCC[C@H](NC(=O)c1ccc(-n2ccnn2)cc1)C(=O)N1CCN(C(=O)OC(C)(C)C)CC1)[C@@H]1C[C@H]1c1ccc(F)cc1. The van der Waals surface area contributed by atoms with Crippen LogP contribution >= 0.6 is 0 Å². The zero-order valence-corrected chi connectivity index (χ0v) is 27.3. The number of benzene rings is 2. The molecule has 1 aliphatic heterocycles. The van der Waals surface area contributed by atoms with Crippen LogP contribution in [0.4, 0.5) is 9.18 Å². The van der Waals surface area contributed by atoms with E-state index in [0.717, 1.165) is 17.7 Å². The highest BCUT2D eigenvalue weighted by molar-refractivity contribution is 5.97. The molecule has 1 aliphatic carbocycles. The molecule has 0 unspecified atom stereocenters. The number of piperazine rings is 1. The Kier molecular flexibility index (Phi) is 10.7. The molecule has 47 heavy (non-hydrogen) atoms. The summed E-state index contributed by atoms with van der Waals surface area (Å²) in [5.41, 5.74) is 1.70. The Morgan fingerprint density at radius 3 is 2.36 bits per heavy atom. The van der Waals surface area contributed by atoms with Crippen molar-refractivity contribution < 1.29 is 23.5 Å². The fourth-order valence-corrected chi connectivity index (χ4v) is 5.98. The van der Waals surface area contributed by atoms with Crippen LogP contribution in [0.5, 0.6) is 0 Å². The van der Waals surface area contributed by atoms with Gasteiger partial charge in [0.25, 0.3) is 5.91 Å². The molecular weight excluding hydrogens is 601 g/mol. The molecule has 1 saturated carbocycles. The third-order valence-corrected chi connectivity index (χ3v) is 8.49. The maximum Gasteiger partial charge on any atom is 0.410 e. The maximum atomic E-state index is 13.9. The molecule has 3 aromatic rings. The number of ether oxygens (including phenoxy) is 1. The van der Waals surface area contributed by atoms with Crippen molar-refractivity contribution >= 4 is 17.9 Å². The second-order valence-corrected chi connectivity index (χ2v) is 13.1. The Morgan fingerprint density at radius 2 is 1.74 bits per heavy atom. The highest BCUT2D eigenvalue weighted by atomic mass is 19.1. The molecule has 1 saturated heterocycles. The summed E-state index contributed by atoms with van der Waals surface area (Å²) in [6.45, 7) is 12.2. The van der Waals surface area contributed by atoms with E-state index in [-0.39, 0.29) is 17.6 Å². The minimum absolute atomic E-state index is 0.174. The molecule has 2 fully saturated rings. The molecule has 3 atom stereocenters. The average Bonchev–Trinajstić information content (AvgIpc) is 3.65. The number of halogens is 1. The number of carbonyl (C=O) groups excluding carboxylic acids is 3. The van der Waals surface area contributed by atoms with Gasteiger partial charge < -0.3 is 19.9 Å². The van der Waals surface area contributed by atoms with E-state index in [1.165, 1.54) is 12.1 Å². The van der Waals surface area contributed by atoms with Crippen molar-refractivity contribution in [2.45, 2.75) is 63.6 Å². The van der Waals surface area contributed by atoms with Crippen LogP contribution in [0.15, 0.2) is 73.6 Å². The molecule has 2 aliphatic rings. The Bertz CT molecular complexity index is 1510. The van der Waals surface area contributed by atoms with Crippen molar-refractivity contribution in [3.05, 3.63) is 90.5 Å². The lowest BCUT2D eigenvalue weighted by molar-refractivity contribution is -0.135. The van der Waals surface area contributed by atoms with Crippen LogP contribution in [-0.2, 0) is 9.53 Å². The predicted octanol–water partition coefficient (Wildman–Crippen LogP) is 4.41. The number of nitrogens with one attached hydrogen (secondary N) is 1. The van der Waals surface area contributed by atoms with Crippen molar-refractivity contribution in [2.24, 2.45) is 0 Å². The van der Waals surface area contributed by atoms with Gasteiger partial charge in [-0.2, -0.15) is 0 Å². The number of nitrogens with zero attached hydrogens (tertiary/aromatic N) is 6. The fourth-order valence-electron chi connectivity index (χ4n) is 5.98. The minimum atomic E-state index is -0.747. The van der Waals surface area contributed by atoms with Gasteiger partial charge in [0.1, 0.15) is 17.5 Å². The van der Waals surface area contributed by atoms with Gasteiger partial charge in [-0.3, -0.25) is 14.5 Å². The Balaban J connectivity index is 1.23. The molecule has 5 rings (SSSR count). The topological polar surface area (TPSA) is 113 Å². The molecule has 0 spiro atoms. The molecule has 11 nitrogen and oxygen atoms in total. The zero-order valence-electron chi connectivity index (χ0n) is 27.3. The van der Waals surface area contributed by atoms with Gasteiger partial charge >= 0.3 is 6.09 Å². The lowest BCUT2D eigenvalue weighted by Crippen LogP contribution is -2.56. The summed E-state index contributed by atoms with van der Waals surface area (Å²) >= 11 is 0. The summed E-state index contributed by atoms with van der Waals surface area (Å²) in [5, 5.41) is 10.8. The fraction of sp³-hybridized carbons (Fsp3) is 0.457. The molecule has 250 valence electrons. The van der Waals surface area contributed by atoms with E-state index < -0.39 is 17.7 Å². The Morgan fingerprint density at radius 1 is 1.06 bits per heavy atom. The lowest BCUT2D eigenvalue weighted by atomic mass is 10.1. The highest BCUT2D eigenvalue weighted by Gasteiger charge is 2.42. The molecule has 2 aromatic carbocycles. The quantitative estimate of drug-likeness (QED) is 0.291. The monoisotopic (exact) mass is 645 g/mol. The van der Waals surface area contributed by atoms with Crippen molar-refractivity contribution in [3.8, 4) is 5.69 Å². The summed E-state index contributed by atoms with van der Waals surface area (Å²) in [6.07, 6.45) is 6.85. The molecule has 0 radical (unpaired) electrons. The van der Waals surface area contributed by atoms with E-state index in [1.807, 2.05) is 39.0 Å². The number of aromatic nitrogens is 3. The van der Waals surface area contributed by atoms with Gasteiger partial charge in [0.2, 0.25) is 5.91 Å². The molecule has 12 heteroatoms. The van der Waals surface area contributed by atoms with Crippen LogP contribution in [0.3, 0.4) is 0 Å². The van der Waals surface area contributed by atoms with Crippen LogP contribution in [0.1, 0.15) is 61.9 Å². The third kappa shape index (κ3) is 9.03. The van der Waals surface area contributed by atoms with Crippen molar-refractivity contribution in [3.63, 3.8) is 0 Å². The number of carbonyl (C=O) groups is 3. The van der Waals surface area contributed by atoms with E-state index in [1.54, 1.807) is 51.1 Å². The van der Waals surface area contributed by atoms with Crippen LogP contribution in [0.25, 0.3) is 5.69 Å². The predicted molar refractivity (Wildman–Crippen MR) is 176 cm³/mol. The molecule has 0 bridgehead atoms. The molecule has 3 amide bonds. The first-order valence-electron chi connectivity index (χ1n) is 16.2. The Hall–Kier alpha value is -4.58. The van der Waals surface area contributed by atoms with Crippen molar-refractivity contribution in [1.82, 2.24) is 35.0 Å². The second kappa shape index (κ2) is 14.9. The number of hydrogen-bond donors (Lipinski definition) is 1.